The summed E-state index contributed by atoms with van der Waals surface area (Å²) in [4.78, 5) is 2.53. The number of hydrogen-bond donors (Lipinski definition) is 0. The number of aromatic nitrogens is 1. The molecule has 8 aromatic carbocycles. The third-order valence-electron chi connectivity index (χ3n) is 13.2. The van der Waals surface area contributed by atoms with Crippen molar-refractivity contribution in [2.24, 2.45) is 5.92 Å². The van der Waals surface area contributed by atoms with E-state index in [9.17, 15) is 0 Å². The molecule has 3 heteroatoms. The lowest BCUT2D eigenvalue weighted by Gasteiger charge is -2.33. The summed E-state index contributed by atoms with van der Waals surface area (Å²) in [6.45, 7) is 7.11. The second kappa shape index (κ2) is 12.9. The molecule has 0 saturated carbocycles. The fraction of sp³-hybridized carbons (Fsp3) is 0.107. The van der Waals surface area contributed by atoms with Gasteiger partial charge in [-0.05, 0) is 112 Å². The average molecular weight is 775 g/mol. The molecule has 282 valence electrons. The summed E-state index contributed by atoms with van der Waals surface area (Å²) in [7, 11) is 0. The third kappa shape index (κ3) is 5.11. The molecule has 0 N–H and O–H groups in total. The molecule has 0 amide bonds. The van der Waals surface area contributed by atoms with Gasteiger partial charge in [-0.25, -0.2) is 0 Å². The highest BCUT2D eigenvalue weighted by Crippen LogP contribution is 2.51. The first kappa shape index (κ1) is 34.4. The summed E-state index contributed by atoms with van der Waals surface area (Å²) in [5, 5.41) is 7.77. The summed E-state index contributed by atoms with van der Waals surface area (Å²) in [5.41, 5.74) is 15.1. The quantitative estimate of drug-likeness (QED) is 0.169. The van der Waals surface area contributed by atoms with Crippen molar-refractivity contribution < 1.29 is 0 Å². The second-order valence-electron chi connectivity index (χ2n) is 16.9. The minimum absolute atomic E-state index is 0.0894. The minimum atomic E-state index is -0.0894. The summed E-state index contributed by atoms with van der Waals surface area (Å²) in [6.07, 6.45) is 7.87. The molecule has 1 unspecified atom stereocenters. The van der Waals surface area contributed by atoms with Gasteiger partial charge in [0.2, 0.25) is 0 Å². The standard InChI is InChI=1S/C56H42N2S/c1-35-15-7-13-23-51(35)57(38-26-28-42-41-19-10-12-22-49(41)56(2,3)50(42)32-38)39-27-29-43-47-31-36(25-30-52(47)58(53(43)33-39)37-16-5-4-6-17-37)46-34-48-44-20-11-14-24-54(44)59-55(48)45-21-9-8-18-40(45)46/h4-14,16-35H,15H2,1-3H3. The molecule has 59 heavy (non-hydrogen) atoms. The van der Waals surface area contributed by atoms with E-state index >= 15 is 0 Å². The van der Waals surface area contributed by atoms with Crippen LogP contribution in [0.2, 0.25) is 0 Å². The molecule has 2 aliphatic carbocycles. The van der Waals surface area contributed by atoms with Crippen molar-refractivity contribution >= 4 is 75.5 Å². The first-order chi connectivity index (χ1) is 28.9. The van der Waals surface area contributed by atoms with Gasteiger partial charge in [-0.1, -0.05) is 136 Å². The lowest BCUT2D eigenvalue weighted by molar-refractivity contribution is 0.657. The van der Waals surface area contributed by atoms with Crippen LogP contribution >= 0.6 is 11.3 Å². The van der Waals surface area contributed by atoms with Gasteiger partial charge >= 0.3 is 0 Å². The molecule has 2 aliphatic rings. The molecule has 2 nitrogen and oxygen atoms in total. The molecule has 0 saturated heterocycles. The van der Waals surface area contributed by atoms with E-state index in [2.05, 4.69) is 212 Å². The SMILES string of the molecule is CC1CC=CC=C1N(c1ccc2c(c1)C(C)(C)c1ccccc1-2)c1ccc2c3cc(-c4cc5c6ccccc6sc5c5ccccc45)ccc3n(-c3ccccc3)c2c1. The van der Waals surface area contributed by atoms with Gasteiger partial charge in [0, 0.05) is 70.4 Å². The molecule has 1 atom stereocenters. The van der Waals surface area contributed by atoms with Gasteiger partial charge < -0.3 is 9.47 Å². The maximum absolute atomic E-state index is 2.53. The number of benzene rings is 8. The van der Waals surface area contributed by atoms with Crippen molar-refractivity contribution in [2.45, 2.75) is 32.6 Å². The number of anilines is 2. The highest BCUT2D eigenvalue weighted by atomic mass is 32.1. The van der Waals surface area contributed by atoms with E-state index in [0.29, 0.717) is 5.92 Å². The predicted molar refractivity (Wildman–Crippen MR) is 254 cm³/mol. The first-order valence-corrected chi connectivity index (χ1v) is 21.6. The van der Waals surface area contributed by atoms with Crippen LogP contribution in [0.4, 0.5) is 11.4 Å². The van der Waals surface area contributed by atoms with Gasteiger partial charge in [-0.2, -0.15) is 0 Å². The van der Waals surface area contributed by atoms with Crippen LogP contribution in [0.15, 0.2) is 188 Å². The molecule has 0 spiro atoms. The zero-order chi connectivity index (χ0) is 39.4. The fourth-order valence-electron chi connectivity index (χ4n) is 10.3. The van der Waals surface area contributed by atoms with Gasteiger partial charge in [0.25, 0.3) is 0 Å². The van der Waals surface area contributed by atoms with Crippen LogP contribution in [0, 0.1) is 5.92 Å². The van der Waals surface area contributed by atoms with Gasteiger partial charge in [0.1, 0.15) is 0 Å². The number of allylic oxidation sites excluding steroid dienone is 4. The monoisotopic (exact) mass is 774 g/mol. The number of rotatable bonds is 5. The Morgan fingerprint density at radius 2 is 1.29 bits per heavy atom. The van der Waals surface area contributed by atoms with E-state index in [0.717, 1.165) is 12.1 Å². The molecule has 0 aliphatic heterocycles. The van der Waals surface area contributed by atoms with Crippen molar-refractivity contribution in [1.82, 2.24) is 4.57 Å². The maximum Gasteiger partial charge on any atom is 0.0561 e. The summed E-state index contributed by atoms with van der Waals surface area (Å²) in [6, 6.07) is 61.4. The second-order valence-corrected chi connectivity index (χ2v) is 18.0. The first-order valence-electron chi connectivity index (χ1n) is 20.8. The van der Waals surface area contributed by atoms with E-state index in [-0.39, 0.29) is 5.41 Å². The Balaban J connectivity index is 1.08. The number of para-hydroxylation sites is 1. The Bertz CT molecular complexity index is 3410. The molecule has 10 aromatic rings. The van der Waals surface area contributed by atoms with Gasteiger partial charge in [0.15, 0.2) is 0 Å². The van der Waals surface area contributed by atoms with Crippen LogP contribution < -0.4 is 4.90 Å². The molecular formula is C56H42N2S. The molecular weight excluding hydrogens is 733 g/mol. The van der Waals surface area contributed by atoms with Gasteiger partial charge in [-0.3, -0.25) is 0 Å². The molecule has 2 aromatic heterocycles. The van der Waals surface area contributed by atoms with E-state index in [1.54, 1.807) is 0 Å². The predicted octanol–water partition coefficient (Wildman–Crippen LogP) is 15.9. The summed E-state index contributed by atoms with van der Waals surface area (Å²) >= 11 is 1.90. The van der Waals surface area contributed by atoms with E-state index < -0.39 is 0 Å². The van der Waals surface area contributed by atoms with Crippen LogP contribution in [-0.2, 0) is 5.41 Å². The Labute approximate surface area is 348 Å². The van der Waals surface area contributed by atoms with Crippen LogP contribution in [0.3, 0.4) is 0 Å². The Morgan fingerprint density at radius 1 is 0.559 bits per heavy atom. The number of nitrogens with zero attached hydrogens (tertiary/aromatic N) is 2. The highest BCUT2D eigenvalue weighted by Gasteiger charge is 2.36. The zero-order valence-electron chi connectivity index (χ0n) is 33.4. The average Bonchev–Trinajstić information content (AvgIpc) is 3.89. The van der Waals surface area contributed by atoms with Crippen molar-refractivity contribution in [3.63, 3.8) is 0 Å². The summed E-state index contributed by atoms with van der Waals surface area (Å²) in [5.74, 6) is 0.365. The molecule has 2 heterocycles. The van der Waals surface area contributed by atoms with Crippen LogP contribution in [0.25, 0.3) is 80.7 Å². The van der Waals surface area contributed by atoms with Gasteiger partial charge in [0.05, 0.1) is 11.0 Å². The Hall–Kier alpha value is -6.68. The number of fused-ring (bicyclic) bond motifs is 11. The lowest BCUT2D eigenvalue weighted by Crippen LogP contribution is -2.23. The topological polar surface area (TPSA) is 8.17 Å². The zero-order valence-corrected chi connectivity index (χ0v) is 34.2. The molecule has 0 radical (unpaired) electrons. The van der Waals surface area contributed by atoms with E-state index in [1.807, 2.05) is 11.3 Å². The molecule has 0 bridgehead atoms. The fourth-order valence-corrected chi connectivity index (χ4v) is 11.5. The van der Waals surface area contributed by atoms with Crippen molar-refractivity contribution in [3.05, 3.63) is 199 Å². The van der Waals surface area contributed by atoms with E-state index in [1.165, 1.54) is 103 Å². The Morgan fingerprint density at radius 3 is 2.15 bits per heavy atom. The minimum Gasteiger partial charge on any atom is -0.314 e. The van der Waals surface area contributed by atoms with Crippen molar-refractivity contribution in [1.29, 1.82) is 0 Å². The van der Waals surface area contributed by atoms with Crippen molar-refractivity contribution in [3.8, 4) is 27.9 Å². The number of hydrogen-bond acceptors (Lipinski definition) is 2. The Kier molecular flexibility index (Phi) is 7.52. The largest absolute Gasteiger partial charge is 0.314 e. The van der Waals surface area contributed by atoms with Crippen LogP contribution in [-0.4, -0.2) is 4.57 Å². The maximum atomic E-state index is 2.53. The third-order valence-corrected chi connectivity index (χ3v) is 14.4. The van der Waals surface area contributed by atoms with Gasteiger partial charge in [-0.15, -0.1) is 11.3 Å². The lowest BCUT2D eigenvalue weighted by atomic mass is 9.82. The highest BCUT2D eigenvalue weighted by molar-refractivity contribution is 7.26. The smallest absolute Gasteiger partial charge is 0.0561 e. The van der Waals surface area contributed by atoms with Crippen LogP contribution in [0.1, 0.15) is 38.3 Å². The van der Waals surface area contributed by atoms with Crippen LogP contribution in [0.5, 0.6) is 0 Å². The normalized spacial score (nSPS) is 15.6. The van der Waals surface area contributed by atoms with Crippen molar-refractivity contribution in [2.75, 3.05) is 4.90 Å². The summed E-state index contributed by atoms with van der Waals surface area (Å²) < 4.78 is 5.16. The number of thiophene rings is 1. The van der Waals surface area contributed by atoms with E-state index in [4.69, 9.17) is 0 Å². The molecule has 0 fully saturated rings. The molecule has 12 rings (SSSR count).